The molecule has 4 heteroatoms. The molecule has 2 N–H and O–H groups in total. The van der Waals surface area contributed by atoms with Crippen molar-refractivity contribution in [3.63, 3.8) is 0 Å². The Morgan fingerprint density at radius 3 is 2.52 bits per heavy atom. The molecule has 0 saturated carbocycles. The van der Waals surface area contributed by atoms with E-state index in [1.807, 2.05) is 42.3 Å². The van der Waals surface area contributed by atoms with Crippen LogP contribution >= 0.6 is 0 Å². The van der Waals surface area contributed by atoms with E-state index in [0.29, 0.717) is 12.2 Å². The average Bonchev–Trinajstić information content (AvgIpc) is 2.65. The lowest BCUT2D eigenvalue weighted by Gasteiger charge is -2.60. The number of likely N-dealkylation sites (tertiary alicyclic amines) is 1. The molecule has 1 aliphatic heterocycles. The van der Waals surface area contributed by atoms with Crippen LogP contribution in [0.5, 0.6) is 5.75 Å². The zero-order chi connectivity index (χ0) is 19.4. The lowest BCUT2D eigenvalue weighted by Crippen LogP contribution is -2.64. The van der Waals surface area contributed by atoms with Gasteiger partial charge in [-0.1, -0.05) is 32.9 Å². The Balaban J connectivity index is 1.74. The Hall–Kier alpha value is -2.49. The molecule has 2 aliphatic rings. The van der Waals surface area contributed by atoms with Crippen LogP contribution in [0.2, 0.25) is 0 Å². The summed E-state index contributed by atoms with van der Waals surface area (Å²) in [6.45, 7) is 7.58. The Labute approximate surface area is 161 Å². The predicted octanol–water partition coefficient (Wildman–Crippen LogP) is 4.19. The molecule has 2 bridgehead atoms. The van der Waals surface area contributed by atoms with Gasteiger partial charge in [0.1, 0.15) is 5.75 Å². The maximum atomic E-state index is 13.3. The molecule has 1 saturated heterocycles. The van der Waals surface area contributed by atoms with Crippen LogP contribution in [0.4, 0.5) is 5.69 Å². The van der Waals surface area contributed by atoms with Gasteiger partial charge in [0.25, 0.3) is 5.91 Å². The van der Waals surface area contributed by atoms with Crippen LogP contribution in [-0.2, 0) is 11.8 Å². The van der Waals surface area contributed by atoms with Crippen LogP contribution in [-0.4, -0.2) is 35.5 Å². The number of carbonyl (C=O) groups excluding carboxylic acids is 1. The van der Waals surface area contributed by atoms with Crippen molar-refractivity contribution in [3.05, 3.63) is 59.2 Å². The third kappa shape index (κ3) is 2.46. The number of amides is 1. The van der Waals surface area contributed by atoms with Gasteiger partial charge in [0, 0.05) is 36.3 Å². The first kappa shape index (κ1) is 17.9. The summed E-state index contributed by atoms with van der Waals surface area (Å²) in [5.41, 5.74) is 3.83. The molecule has 0 radical (unpaired) electrons. The van der Waals surface area contributed by atoms with Gasteiger partial charge >= 0.3 is 0 Å². The Morgan fingerprint density at radius 2 is 1.85 bits per heavy atom. The molecule has 4 nitrogen and oxygen atoms in total. The molecular formula is C23H28N2O2. The van der Waals surface area contributed by atoms with Gasteiger partial charge < -0.3 is 15.3 Å². The van der Waals surface area contributed by atoms with E-state index < -0.39 is 0 Å². The van der Waals surface area contributed by atoms with Crippen molar-refractivity contribution in [3.8, 4) is 5.75 Å². The van der Waals surface area contributed by atoms with Crippen molar-refractivity contribution in [1.82, 2.24) is 4.90 Å². The van der Waals surface area contributed by atoms with Gasteiger partial charge in [-0.3, -0.25) is 4.79 Å². The number of hydrogen-bond donors (Lipinski definition) is 2. The number of rotatable bonds is 2. The zero-order valence-corrected chi connectivity index (χ0v) is 16.5. The number of phenols is 1. The van der Waals surface area contributed by atoms with Crippen molar-refractivity contribution in [2.45, 2.75) is 45.1 Å². The van der Waals surface area contributed by atoms with E-state index in [1.54, 1.807) is 6.07 Å². The molecular weight excluding hydrogens is 336 g/mol. The SMILES string of the molecule is CNc1ccc(C(=O)N2CC[C@@]3(C)c4cccc(O)c4CC2C3(C)C)cc1. The average molecular weight is 364 g/mol. The Morgan fingerprint density at radius 1 is 1.15 bits per heavy atom. The minimum Gasteiger partial charge on any atom is -0.508 e. The maximum Gasteiger partial charge on any atom is 0.254 e. The molecule has 1 fully saturated rings. The summed E-state index contributed by atoms with van der Waals surface area (Å²) in [5.74, 6) is 0.434. The minimum atomic E-state index is -0.0768. The molecule has 142 valence electrons. The molecule has 0 aromatic heterocycles. The van der Waals surface area contributed by atoms with E-state index in [4.69, 9.17) is 0 Å². The molecule has 0 spiro atoms. The van der Waals surface area contributed by atoms with Crippen molar-refractivity contribution in [2.75, 3.05) is 18.9 Å². The largest absolute Gasteiger partial charge is 0.508 e. The quantitative estimate of drug-likeness (QED) is 0.840. The fourth-order valence-electron chi connectivity index (χ4n) is 5.11. The third-order valence-corrected chi connectivity index (χ3v) is 7.31. The molecule has 1 unspecified atom stereocenters. The second-order valence-corrected chi connectivity index (χ2v) is 8.65. The van der Waals surface area contributed by atoms with Crippen LogP contribution < -0.4 is 5.32 Å². The summed E-state index contributed by atoms with van der Waals surface area (Å²) in [6.07, 6.45) is 1.60. The molecule has 4 rings (SSSR count). The van der Waals surface area contributed by atoms with E-state index in [9.17, 15) is 9.90 Å². The molecule has 2 aromatic carbocycles. The van der Waals surface area contributed by atoms with Gasteiger partial charge in [-0.2, -0.15) is 0 Å². The lowest BCUT2D eigenvalue weighted by molar-refractivity contribution is -0.0266. The second kappa shape index (κ2) is 6.01. The first-order valence-electron chi connectivity index (χ1n) is 9.70. The predicted molar refractivity (Wildman–Crippen MR) is 108 cm³/mol. The smallest absolute Gasteiger partial charge is 0.254 e. The van der Waals surface area contributed by atoms with Crippen LogP contribution in [0.3, 0.4) is 0 Å². The van der Waals surface area contributed by atoms with Crippen molar-refractivity contribution >= 4 is 11.6 Å². The molecule has 1 heterocycles. The van der Waals surface area contributed by atoms with Gasteiger partial charge in [-0.25, -0.2) is 0 Å². The van der Waals surface area contributed by atoms with E-state index in [-0.39, 0.29) is 22.8 Å². The highest BCUT2D eigenvalue weighted by molar-refractivity contribution is 5.95. The van der Waals surface area contributed by atoms with Crippen LogP contribution in [0, 0.1) is 5.41 Å². The number of nitrogens with one attached hydrogen (secondary N) is 1. The van der Waals surface area contributed by atoms with Crippen LogP contribution in [0.1, 0.15) is 48.7 Å². The summed E-state index contributed by atoms with van der Waals surface area (Å²) in [5, 5.41) is 13.6. The molecule has 2 atom stereocenters. The van der Waals surface area contributed by atoms with Crippen LogP contribution in [0.15, 0.2) is 42.5 Å². The number of anilines is 1. The number of aromatic hydroxyl groups is 1. The van der Waals surface area contributed by atoms with Gasteiger partial charge in [0.05, 0.1) is 0 Å². The summed E-state index contributed by atoms with van der Waals surface area (Å²) in [6, 6.07) is 13.6. The fraction of sp³-hybridized carbons (Fsp3) is 0.435. The van der Waals surface area contributed by atoms with E-state index >= 15 is 0 Å². The maximum absolute atomic E-state index is 13.3. The van der Waals surface area contributed by atoms with Gasteiger partial charge in [0.2, 0.25) is 0 Å². The van der Waals surface area contributed by atoms with E-state index in [0.717, 1.165) is 29.8 Å². The molecule has 1 amide bonds. The Bertz CT molecular complexity index is 888. The van der Waals surface area contributed by atoms with E-state index in [1.165, 1.54) is 5.56 Å². The zero-order valence-electron chi connectivity index (χ0n) is 16.5. The summed E-state index contributed by atoms with van der Waals surface area (Å²) in [7, 11) is 1.87. The van der Waals surface area contributed by atoms with Gasteiger partial charge in [-0.05, 0) is 59.7 Å². The second-order valence-electron chi connectivity index (χ2n) is 8.65. The van der Waals surface area contributed by atoms with Crippen LogP contribution in [0.25, 0.3) is 0 Å². The highest BCUT2D eigenvalue weighted by Gasteiger charge is 2.57. The summed E-state index contributed by atoms with van der Waals surface area (Å²) >= 11 is 0. The topological polar surface area (TPSA) is 52.6 Å². The fourth-order valence-corrected chi connectivity index (χ4v) is 5.11. The molecule has 1 aliphatic carbocycles. The number of fused-ring (bicyclic) bond motifs is 4. The number of piperidine rings is 1. The van der Waals surface area contributed by atoms with Crippen molar-refractivity contribution in [2.24, 2.45) is 5.41 Å². The normalized spacial score (nSPS) is 25.6. The number of benzene rings is 2. The highest BCUT2D eigenvalue weighted by atomic mass is 16.3. The highest BCUT2D eigenvalue weighted by Crippen LogP contribution is 2.57. The van der Waals surface area contributed by atoms with Crippen molar-refractivity contribution in [1.29, 1.82) is 0 Å². The molecule has 27 heavy (non-hydrogen) atoms. The summed E-state index contributed by atoms with van der Waals surface area (Å²) < 4.78 is 0. The standard InChI is InChI=1S/C23H28N2O2/c1-22(2)20-14-17-18(6-5-7-19(17)26)23(22,3)12-13-25(20)21(27)15-8-10-16(24-4)11-9-15/h5-11,20,24,26H,12-14H2,1-4H3/t20?,23-/m0/s1. The first-order chi connectivity index (χ1) is 12.8. The molecule has 2 aromatic rings. The van der Waals surface area contributed by atoms with Crippen molar-refractivity contribution < 1.29 is 9.90 Å². The number of hydrogen-bond acceptors (Lipinski definition) is 3. The minimum absolute atomic E-state index is 0.0588. The van der Waals surface area contributed by atoms with Gasteiger partial charge in [-0.15, -0.1) is 0 Å². The Kier molecular flexibility index (Phi) is 3.99. The van der Waals surface area contributed by atoms with Gasteiger partial charge in [0.15, 0.2) is 0 Å². The first-order valence-corrected chi connectivity index (χ1v) is 9.70. The van der Waals surface area contributed by atoms with E-state index in [2.05, 4.69) is 32.2 Å². The lowest BCUT2D eigenvalue weighted by atomic mass is 9.51. The number of carbonyl (C=O) groups is 1. The number of nitrogens with zero attached hydrogens (tertiary/aromatic N) is 1. The number of phenolic OH excluding ortho intramolecular Hbond substituents is 1. The third-order valence-electron chi connectivity index (χ3n) is 7.31. The monoisotopic (exact) mass is 364 g/mol. The summed E-state index contributed by atoms with van der Waals surface area (Å²) in [4.78, 5) is 15.4.